The predicted molar refractivity (Wildman–Crippen MR) is 112 cm³/mol. The van der Waals surface area contributed by atoms with Crippen molar-refractivity contribution in [1.82, 2.24) is 10.6 Å². The molecule has 2 N–H and O–H groups in total. The standard InChI is InChI=1S/C21H19N3O2S2/c1-10-7-12(8-14-19(25)23-21(27)24-20(14)26)11(2)17(10)18-15(9-22)13-5-3-4-6-16(13)28-18/h7-8,17H,3-6H2,1-2H3,(H2,23,24,25,26,27). The third-order valence-corrected chi connectivity index (χ3v) is 7.10. The summed E-state index contributed by atoms with van der Waals surface area (Å²) in [6.45, 7) is 4.04. The van der Waals surface area contributed by atoms with E-state index in [9.17, 15) is 14.9 Å². The summed E-state index contributed by atoms with van der Waals surface area (Å²) in [5, 5.41) is 14.8. The largest absolute Gasteiger partial charge is 0.299 e. The molecule has 2 heterocycles. The highest BCUT2D eigenvalue weighted by atomic mass is 32.1. The van der Waals surface area contributed by atoms with Crippen molar-refractivity contribution in [2.75, 3.05) is 0 Å². The van der Waals surface area contributed by atoms with Crippen molar-refractivity contribution in [3.8, 4) is 6.07 Å². The van der Waals surface area contributed by atoms with Crippen LogP contribution in [0.1, 0.15) is 53.5 Å². The van der Waals surface area contributed by atoms with E-state index in [1.807, 2.05) is 19.9 Å². The molecule has 1 aromatic rings. The fraction of sp³-hybridized carbons (Fsp3) is 0.333. The maximum absolute atomic E-state index is 12.2. The van der Waals surface area contributed by atoms with Crippen molar-refractivity contribution in [2.24, 2.45) is 0 Å². The molecule has 0 bridgehead atoms. The van der Waals surface area contributed by atoms with Crippen LogP contribution in [0.15, 0.2) is 34.4 Å². The Morgan fingerprint density at radius 1 is 1.21 bits per heavy atom. The number of rotatable bonds is 2. The van der Waals surface area contributed by atoms with Crippen LogP contribution < -0.4 is 10.6 Å². The molecule has 2 amide bonds. The summed E-state index contributed by atoms with van der Waals surface area (Å²) in [7, 11) is 0. The number of carbonyl (C=O) groups is 2. The lowest BCUT2D eigenvalue weighted by Crippen LogP contribution is -2.51. The van der Waals surface area contributed by atoms with E-state index >= 15 is 0 Å². The first-order valence-corrected chi connectivity index (χ1v) is 10.4. The maximum Gasteiger partial charge on any atom is 0.263 e. The fourth-order valence-corrected chi connectivity index (χ4v) is 5.96. The van der Waals surface area contributed by atoms with Crippen LogP contribution in [0.4, 0.5) is 0 Å². The van der Waals surface area contributed by atoms with Crippen molar-refractivity contribution in [1.29, 1.82) is 5.26 Å². The Morgan fingerprint density at radius 3 is 2.57 bits per heavy atom. The number of amides is 2. The first-order valence-electron chi connectivity index (χ1n) is 9.22. The smallest absolute Gasteiger partial charge is 0.263 e. The molecule has 5 nitrogen and oxygen atoms in total. The third kappa shape index (κ3) is 3.03. The minimum absolute atomic E-state index is 0.0212. The van der Waals surface area contributed by atoms with Gasteiger partial charge in [-0.1, -0.05) is 17.2 Å². The molecule has 28 heavy (non-hydrogen) atoms. The lowest BCUT2D eigenvalue weighted by Gasteiger charge is -2.17. The Kier molecular flexibility index (Phi) is 4.77. The molecular formula is C21H19N3O2S2. The number of hydrogen-bond acceptors (Lipinski definition) is 5. The molecule has 0 saturated carbocycles. The third-order valence-electron chi connectivity index (χ3n) is 5.54. The molecule has 7 heteroatoms. The van der Waals surface area contributed by atoms with E-state index in [0.29, 0.717) is 0 Å². The van der Waals surface area contributed by atoms with Gasteiger partial charge in [0.25, 0.3) is 11.8 Å². The Hall–Kier alpha value is -2.56. The molecule has 2 aliphatic carbocycles. The SMILES string of the molecule is CC1=CC(C=C2C(=O)NC(=S)NC2=O)=C(C)C1c1sc2c(c1C#N)CCCC2. The van der Waals surface area contributed by atoms with Gasteiger partial charge >= 0.3 is 0 Å². The minimum Gasteiger partial charge on any atom is -0.299 e. The van der Waals surface area contributed by atoms with E-state index in [1.54, 1.807) is 17.4 Å². The summed E-state index contributed by atoms with van der Waals surface area (Å²) in [4.78, 5) is 26.8. The van der Waals surface area contributed by atoms with Crippen LogP contribution in [-0.2, 0) is 22.4 Å². The second kappa shape index (κ2) is 7.12. The van der Waals surface area contributed by atoms with Crippen LogP contribution in [0, 0.1) is 11.3 Å². The number of allylic oxidation sites excluding steroid dienone is 5. The van der Waals surface area contributed by atoms with Crippen molar-refractivity contribution >= 4 is 40.5 Å². The molecule has 1 atom stereocenters. The van der Waals surface area contributed by atoms with Gasteiger partial charge in [-0.25, -0.2) is 0 Å². The van der Waals surface area contributed by atoms with Gasteiger partial charge in [-0.3, -0.25) is 20.2 Å². The zero-order valence-corrected chi connectivity index (χ0v) is 17.3. The summed E-state index contributed by atoms with van der Waals surface area (Å²) < 4.78 is 0. The quantitative estimate of drug-likeness (QED) is 0.446. The second-order valence-electron chi connectivity index (χ2n) is 7.32. The molecule has 0 aromatic carbocycles. The zero-order chi connectivity index (χ0) is 20.0. The summed E-state index contributed by atoms with van der Waals surface area (Å²) in [5.41, 5.74) is 5.09. The molecule has 1 aromatic heterocycles. The minimum atomic E-state index is -0.493. The van der Waals surface area contributed by atoms with Gasteiger partial charge in [0.1, 0.15) is 11.6 Å². The van der Waals surface area contributed by atoms with E-state index < -0.39 is 11.8 Å². The van der Waals surface area contributed by atoms with Crippen LogP contribution >= 0.6 is 23.6 Å². The van der Waals surface area contributed by atoms with Crippen LogP contribution in [0.5, 0.6) is 0 Å². The molecule has 1 saturated heterocycles. The van der Waals surface area contributed by atoms with E-state index in [0.717, 1.165) is 46.4 Å². The van der Waals surface area contributed by atoms with Crippen molar-refractivity contribution in [3.63, 3.8) is 0 Å². The van der Waals surface area contributed by atoms with Gasteiger partial charge in [-0.15, -0.1) is 11.3 Å². The number of fused-ring (bicyclic) bond motifs is 1. The van der Waals surface area contributed by atoms with E-state index in [4.69, 9.17) is 12.2 Å². The Morgan fingerprint density at radius 2 is 1.89 bits per heavy atom. The van der Waals surface area contributed by atoms with Gasteiger partial charge in [-0.05, 0) is 69.0 Å². The molecule has 4 rings (SSSR count). The Balaban J connectivity index is 1.76. The van der Waals surface area contributed by atoms with Gasteiger partial charge in [0.15, 0.2) is 5.11 Å². The topological polar surface area (TPSA) is 82.0 Å². The second-order valence-corrected chi connectivity index (χ2v) is 8.86. The lowest BCUT2D eigenvalue weighted by atomic mass is 9.89. The van der Waals surface area contributed by atoms with Gasteiger partial charge in [0, 0.05) is 15.7 Å². The zero-order valence-electron chi connectivity index (χ0n) is 15.6. The average molecular weight is 410 g/mol. The van der Waals surface area contributed by atoms with Gasteiger partial charge < -0.3 is 0 Å². The molecule has 142 valence electrons. The monoisotopic (exact) mass is 409 g/mol. The number of thiophene rings is 1. The van der Waals surface area contributed by atoms with E-state index in [2.05, 4.69) is 16.7 Å². The number of nitriles is 1. The van der Waals surface area contributed by atoms with Gasteiger partial charge in [0.05, 0.1) is 5.56 Å². The number of hydrogen-bond donors (Lipinski definition) is 2. The molecule has 3 aliphatic rings. The summed E-state index contributed by atoms with van der Waals surface area (Å²) in [5.74, 6) is -0.964. The van der Waals surface area contributed by atoms with Crippen LogP contribution in [0.25, 0.3) is 0 Å². The van der Waals surface area contributed by atoms with Crippen LogP contribution in [0.3, 0.4) is 0 Å². The summed E-state index contributed by atoms with van der Waals surface area (Å²) in [6.07, 6.45) is 7.95. The fourth-order valence-electron chi connectivity index (χ4n) is 4.18. The van der Waals surface area contributed by atoms with Gasteiger partial charge in [0.2, 0.25) is 0 Å². The molecular weight excluding hydrogens is 390 g/mol. The van der Waals surface area contributed by atoms with Crippen LogP contribution in [-0.4, -0.2) is 16.9 Å². The molecule has 1 aliphatic heterocycles. The summed E-state index contributed by atoms with van der Waals surface area (Å²) in [6, 6.07) is 2.44. The number of nitrogens with zero attached hydrogens (tertiary/aromatic N) is 1. The Bertz CT molecular complexity index is 1040. The highest BCUT2D eigenvalue weighted by Crippen LogP contribution is 2.47. The molecule has 0 spiro atoms. The van der Waals surface area contributed by atoms with E-state index in [-0.39, 0.29) is 16.6 Å². The predicted octanol–water partition coefficient (Wildman–Crippen LogP) is 3.32. The van der Waals surface area contributed by atoms with E-state index in [1.165, 1.54) is 16.9 Å². The normalized spacial score (nSPS) is 21.8. The number of carbonyl (C=O) groups excluding carboxylic acids is 2. The maximum atomic E-state index is 12.2. The molecule has 0 radical (unpaired) electrons. The molecule has 1 unspecified atom stereocenters. The van der Waals surface area contributed by atoms with Crippen molar-refractivity contribution < 1.29 is 9.59 Å². The van der Waals surface area contributed by atoms with Gasteiger partial charge in [-0.2, -0.15) is 5.26 Å². The molecule has 1 fully saturated rings. The van der Waals surface area contributed by atoms with Crippen molar-refractivity contribution in [3.05, 3.63) is 55.3 Å². The first-order chi connectivity index (χ1) is 13.4. The number of nitrogens with one attached hydrogen (secondary N) is 2. The highest BCUT2D eigenvalue weighted by Gasteiger charge is 2.32. The first kappa shape index (κ1) is 18.8. The lowest BCUT2D eigenvalue weighted by molar-refractivity contribution is -0.123. The van der Waals surface area contributed by atoms with Crippen LogP contribution in [0.2, 0.25) is 0 Å². The average Bonchev–Trinajstić information content (AvgIpc) is 3.14. The summed E-state index contributed by atoms with van der Waals surface area (Å²) >= 11 is 6.59. The number of aryl methyl sites for hydroxylation is 1. The number of thiocarbonyl (C=S) groups is 1. The van der Waals surface area contributed by atoms with Crippen molar-refractivity contribution in [2.45, 2.75) is 45.4 Å². The highest BCUT2D eigenvalue weighted by molar-refractivity contribution is 7.80. The Labute approximate surface area is 172 Å².